The Kier molecular flexibility index (Phi) is 7.13. The zero-order chi connectivity index (χ0) is 20.9. The van der Waals surface area contributed by atoms with Gasteiger partial charge in [0.05, 0.1) is 19.0 Å². The highest BCUT2D eigenvalue weighted by atomic mass is 32.2. The third-order valence-corrected chi connectivity index (χ3v) is 7.30. The molecule has 0 spiro atoms. The highest BCUT2D eigenvalue weighted by molar-refractivity contribution is 8.00. The summed E-state index contributed by atoms with van der Waals surface area (Å²) < 4.78 is 7.22. The van der Waals surface area contributed by atoms with Crippen LogP contribution >= 0.6 is 23.1 Å². The molecule has 1 aliphatic carbocycles. The molecular weight excluding hydrogens is 424 g/mol. The number of carbonyl (C=O) groups is 1. The van der Waals surface area contributed by atoms with Gasteiger partial charge in [-0.05, 0) is 25.7 Å². The Morgan fingerprint density at radius 2 is 2.07 bits per heavy atom. The van der Waals surface area contributed by atoms with E-state index in [9.17, 15) is 9.59 Å². The van der Waals surface area contributed by atoms with Crippen LogP contribution in [0.5, 0.6) is 0 Å². The van der Waals surface area contributed by atoms with E-state index in [-0.39, 0.29) is 17.3 Å². The molecule has 0 radical (unpaired) electrons. The fourth-order valence-electron chi connectivity index (χ4n) is 3.74. The number of aromatic nitrogens is 4. The van der Waals surface area contributed by atoms with Gasteiger partial charge in [-0.15, -0.1) is 10.2 Å². The van der Waals surface area contributed by atoms with Crippen molar-refractivity contribution in [2.45, 2.75) is 44.2 Å². The first-order chi connectivity index (χ1) is 14.6. The third-order valence-electron chi connectivity index (χ3n) is 5.30. The number of ether oxygens (including phenoxy) is 1. The van der Waals surface area contributed by atoms with E-state index in [4.69, 9.17) is 4.74 Å². The minimum atomic E-state index is -0.219. The monoisotopic (exact) mass is 450 g/mol. The summed E-state index contributed by atoms with van der Waals surface area (Å²) in [5, 5.41) is 12.8. The largest absolute Gasteiger partial charge is 0.379 e. The maximum Gasteiger partial charge on any atom is 0.348 e. The van der Waals surface area contributed by atoms with E-state index in [0.717, 1.165) is 74.8 Å². The summed E-state index contributed by atoms with van der Waals surface area (Å²) in [5.41, 5.74) is 1.99. The van der Waals surface area contributed by atoms with Crippen LogP contribution in [0, 0.1) is 0 Å². The Labute approximate surface area is 183 Å². The normalized spacial score (nSPS) is 16.6. The second-order valence-corrected chi connectivity index (χ2v) is 9.30. The van der Waals surface area contributed by atoms with Gasteiger partial charge in [0, 0.05) is 37.4 Å². The number of morpholine rings is 1. The van der Waals surface area contributed by atoms with Crippen molar-refractivity contribution in [3.63, 3.8) is 0 Å². The molecule has 1 amide bonds. The molecule has 11 heteroatoms. The van der Waals surface area contributed by atoms with Gasteiger partial charge in [0.1, 0.15) is 10.0 Å². The molecular formula is C19H26N6O3S2. The van der Waals surface area contributed by atoms with Crippen LogP contribution in [0.2, 0.25) is 0 Å². The van der Waals surface area contributed by atoms with Gasteiger partial charge in [-0.25, -0.2) is 4.79 Å². The lowest BCUT2D eigenvalue weighted by Gasteiger charge is -2.27. The summed E-state index contributed by atoms with van der Waals surface area (Å²) in [6.45, 7) is 6.78. The average Bonchev–Trinajstić information content (AvgIpc) is 3.42. The topological polar surface area (TPSA) is 102 Å². The van der Waals surface area contributed by atoms with E-state index >= 15 is 0 Å². The van der Waals surface area contributed by atoms with Crippen LogP contribution < -0.4 is 11.0 Å². The molecule has 30 heavy (non-hydrogen) atoms. The summed E-state index contributed by atoms with van der Waals surface area (Å²) in [6, 6.07) is 0. The van der Waals surface area contributed by atoms with Crippen molar-refractivity contribution < 1.29 is 9.53 Å². The van der Waals surface area contributed by atoms with Crippen molar-refractivity contribution in [3.05, 3.63) is 26.7 Å². The minimum Gasteiger partial charge on any atom is -0.379 e. The molecule has 4 rings (SSSR count). The van der Waals surface area contributed by atoms with Crippen molar-refractivity contribution in [1.29, 1.82) is 0 Å². The van der Waals surface area contributed by atoms with Crippen molar-refractivity contribution in [3.8, 4) is 0 Å². The van der Waals surface area contributed by atoms with Crippen molar-refractivity contribution in [1.82, 2.24) is 24.6 Å². The number of amides is 1. The lowest BCUT2D eigenvalue weighted by Crippen LogP contribution is -2.40. The summed E-state index contributed by atoms with van der Waals surface area (Å²) in [5.74, 6) is 0.0291. The highest BCUT2D eigenvalue weighted by Gasteiger charge is 2.23. The quantitative estimate of drug-likeness (QED) is 0.473. The van der Waals surface area contributed by atoms with Gasteiger partial charge >= 0.3 is 5.69 Å². The number of hydrogen-bond acceptors (Lipinski definition) is 9. The number of nitrogens with one attached hydrogen (secondary N) is 1. The van der Waals surface area contributed by atoms with E-state index in [2.05, 4.69) is 25.4 Å². The number of rotatable bonds is 8. The van der Waals surface area contributed by atoms with E-state index < -0.39 is 0 Å². The Morgan fingerprint density at radius 3 is 2.83 bits per heavy atom. The molecule has 1 fully saturated rings. The number of anilines is 1. The molecule has 2 aromatic rings. The molecule has 3 heterocycles. The van der Waals surface area contributed by atoms with Crippen LogP contribution in [0.3, 0.4) is 0 Å². The van der Waals surface area contributed by atoms with Crippen LogP contribution in [0.1, 0.15) is 29.6 Å². The standard InChI is InChI=1S/C19H26N6O3S2/c1-2-16-22-23-18(30-16)20-15(26)12-29-17-13-4-3-5-14(13)25(19(27)21-17)7-6-24-8-10-28-11-9-24/h2-12H2,1H3,(H,20,23,26). The van der Waals surface area contributed by atoms with Gasteiger partial charge in [0.15, 0.2) is 0 Å². The summed E-state index contributed by atoms with van der Waals surface area (Å²) >= 11 is 2.71. The van der Waals surface area contributed by atoms with E-state index in [1.807, 2.05) is 11.5 Å². The number of hydrogen-bond donors (Lipinski definition) is 1. The summed E-state index contributed by atoms with van der Waals surface area (Å²) in [7, 11) is 0. The Hall–Kier alpha value is -1.82. The molecule has 0 bridgehead atoms. The lowest BCUT2D eigenvalue weighted by molar-refractivity contribution is -0.113. The summed E-state index contributed by atoms with van der Waals surface area (Å²) in [4.78, 5) is 31.7. The van der Waals surface area contributed by atoms with Crippen molar-refractivity contribution >= 4 is 34.1 Å². The fraction of sp³-hybridized carbons (Fsp3) is 0.632. The van der Waals surface area contributed by atoms with Gasteiger partial charge in [0.25, 0.3) is 0 Å². The molecule has 2 aliphatic rings. The molecule has 0 saturated carbocycles. The zero-order valence-corrected chi connectivity index (χ0v) is 18.7. The first-order valence-electron chi connectivity index (χ1n) is 10.3. The molecule has 9 nitrogen and oxygen atoms in total. The van der Waals surface area contributed by atoms with Crippen molar-refractivity contribution in [2.75, 3.05) is 43.9 Å². The van der Waals surface area contributed by atoms with E-state index in [0.29, 0.717) is 16.7 Å². The Bertz CT molecular complexity index is 954. The maximum atomic E-state index is 12.7. The SMILES string of the molecule is CCc1nnc(NC(=O)CSc2nc(=O)n(CCN3CCOCC3)c3c2CCC3)s1. The minimum absolute atomic E-state index is 0.163. The smallest absolute Gasteiger partial charge is 0.348 e. The van der Waals surface area contributed by atoms with Gasteiger partial charge < -0.3 is 4.74 Å². The summed E-state index contributed by atoms with van der Waals surface area (Å²) in [6.07, 6.45) is 3.60. The molecule has 1 saturated heterocycles. The number of fused-ring (bicyclic) bond motifs is 1. The highest BCUT2D eigenvalue weighted by Crippen LogP contribution is 2.29. The van der Waals surface area contributed by atoms with Crippen LogP contribution in [-0.2, 0) is 35.3 Å². The number of carbonyl (C=O) groups excluding carboxylic acids is 1. The van der Waals surface area contributed by atoms with Crippen LogP contribution in [0.15, 0.2) is 9.82 Å². The number of thioether (sulfide) groups is 1. The molecule has 0 atom stereocenters. The average molecular weight is 451 g/mol. The fourth-order valence-corrected chi connectivity index (χ4v) is 5.31. The lowest BCUT2D eigenvalue weighted by atomic mass is 10.2. The zero-order valence-electron chi connectivity index (χ0n) is 17.1. The number of aryl methyl sites for hydroxylation is 1. The van der Waals surface area contributed by atoms with Gasteiger partial charge in [-0.1, -0.05) is 30.0 Å². The third kappa shape index (κ3) is 5.08. The van der Waals surface area contributed by atoms with Crippen LogP contribution in [0.4, 0.5) is 5.13 Å². The first-order valence-corrected chi connectivity index (χ1v) is 12.1. The predicted molar refractivity (Wildman–Crippen MR) is 116 cm³/mol. The second kappa shape index (κ2) is 9.99. The van der Waals surface area contributed by atoms with Gasteiger partial charge in [-0.2, -0.15) is 4.98 Å². The maximum absolute atomic E-state index is 12.7. The van der Waals surface area contributed by atoms with Gasteiger partial charge in [0.2, 0.25) is 11.0 Å². The molecule has 0 aromatic carbocycles. The molecule has 2 aromatic heterocycles. The van der Waals surface area contributed by atoms with E-state index in [1.165, 1.54) is 23.1 Å². The molecule has 0 unspecified atom stereocenters. The van der Waals surface area contributed by atoms with Crippen LogP contribution in [-0.4, -0.2) is 69.2 Å². The first kappa shape index (κ1) is 21.4. The van der Waals surface area contributed by atoms with E-state index in [1.54, 1.807) is 0 Å². The van der Waals surface area contributed by atoms with Crippen molar-refractivity contribution in [2.24, 2.45) is 0 Å². The van der Waals surface area contributed by atoms with Crippen LogP contribution in [0.25, 0.3) is 0 Å². The molecule has 1 aliphatic heterocycles. The predicted octanol–water partition coefficient (Wildman–Crippen LogP) is 1.21. The number of nitrogens with zero attached hydrogens (tertiary/aromatic N) is 5. The second-order valence-electron chi connectivity index (χ2n) is 7.28. The molecule has 162 valence electrons. The van der Waals surface area contributed by atoms with Gasteiger partial charge in [-0.3, -0.25) is 19.6 Å². The Morgan fingerprint density at radius 1 is 1.23 bits per heavy atom. The Balaban J connectivity index is 1.40. The molecule has 1 N–H and O–H groups in total.